The maximum atomic E-state index is 13.9. The van der Waals surface area contributed by atoms with Crippen molar-refractivity contribution in [3.8, 4) is 22.5 Å². The van der Waals surface area contributed by atoms with Gasteiger partial charge in [0, 0.05) is 16.5 Å². The number of rotatable bonds is 4. The summed E-state index contributed by atoms with van der Waals surface area (Å²) in [6, 6.07) is 13.8. The molecule has 140 valence electrons. The van der Waals surface area contributed by atoms with Gasteiger partial charge in [0.15, 0.2) is 5.65 Å². The van der Waals surface area contributed by atoms with Crippen LogP contribution in [0.2, 0.25) is 0 Å². The molecule has 7 heteroatoms. The molecule has 2 aromatic heterocycles. The Hall–Kier alpha value is -3.06. The molecule has 0 aliphatic rings. The molecule has 4 rings (SSSR count). The lowest BCUT2D eigenvalue weighted by Gasteiger charge is -2.07. The van der Waals surface area contributed by atoms with E-state index in [9.17, 15) is 14.3 Å². The molecule has 0 spiro atoms. The van der Waals surface area contributed by atoms with Gasteiger partial charge in [0.2, 0.25) is 0 Å². The van der Waals surface area contributed by atoms with Gasteiger partial charge in [-0.2, -0.15) is 5.10 Å². The summed E-state index contributed by atoms with van der Waals surface area (Å²) >= 11 is 3.15. The SMILES string of the molecule is CCc1cc(-c2ccc3c(-c4ccc(Br)c(F)c4)n[nH]c3n2)ccc1C(=O)O. The zero-order chi connectivity index (χ0) is 19.8. The van der Waals surface area contributed by atoms with E-state index in [1.807, 2.05) is 25.1 Å². The van der Waals surface area contributed by atoms with Crippen LogP contribution >= 0.6 is 15.9 Å². The molecule has 0 amide bonds. The number of hydrogen-bond acceptors (Lipinski definition) is 3. The third-order valence-electron chi connectivity index (χ3n) is 4.63. The number of H-pyrrole nitrogens is 1. The van der Waals surface area contributed by atoms with Gasteiger partial charge in [-0.1, -0.05) is 19.1 Å². The third kappa shape index (κ3) is 3.18. The van der Waals surface area contributed by atoms with E-state index in [0.717, 1.165) is 16.5 Å². The molecule has 2 heterocycles. The number of carboxylic acid groups (broad SMARTS) is 1. The Kier molecular flexibility index (Phi) is 4.68. The molecule has 0 bridgehead atoms. The summed E-state index contributed by atoms with van der Waals surface area (Å²) in [5.74, 6) is -1.30. The summed E-state index contributed by atoms with van der Waals surface area (Å²) in [6.45, 7) is 1.92. The number of pyridine rings is 1. The van der Waals surface area contributed by atoms with Crippen LogP contribution in [-0.2, 0) is 6.42 Å². The first-order valence-corrected chi connectivity index (χ1v) is 9.44. The molecular formula is C21H15BrFN3O2. The molecular weight excluding hydrogens is 425 g/mol. The summed E-state index contributed by atoms with van der Waals surface area (Å²) in [7, 11) is 0. The Labute approximate surface area is 168 Å². The highest BCUT2D eigenvalue weighted by Gasteiger charge is 2.14. The van der Waals surface area contributed by atoms with Gasteiger partial charge in [-0.3, -0.25) is 5.10 Å². The Morgan fingerprint density at radius 1 is 1.14 bits per heavy atom. The summed E-state index contributed by atoms with van der Waals surface area (Å²) in [5.41, 5.74) is 4.44. The smallest absolute Gasteiger partial charge is 0.335 e. The summed E-state index contributed by atoms with van der Waals surface area (Å²) < 4.78 is 14.3. The van der Waals surface area contributed by atoms with Crippen molar-refractivity contribution in [3.05, 3.63) is 69.9 Å². The molecule has 0 saturated heterocycles. The standard InChI is InChI=1S/C21H15BrFN3O2/c1-2-11-9-12(3-5-14(11)21(27)28)18-8-6-15-19(25-26-20(15)24-18)13-4-7-16(22)17(23)10-13/h3-10H,2H2,1H3,(H,27,28)(H,24,25,26). The van der Waals surface area contributed by atoms with Crippen molar-refractivity contribution >= 4 is 32.9 Å². The Balaban J connectivity index is 1.77. The van der Waals surface area contributed by atoms with Crippen LogP contribution in [0.4, 0.5) is 4.39 Å². The van der Waals surface area contributed by atoms with E-state index in [1.165, 1.54) is 6.07 Å². The largest absolute Gasteiger partial charge is 0.478 e. The molecule has 0 radical (unpaired) electrons. The molecule has 0 fully saturated rings. The first kappa shape index (κ1) is 18.3. The molecule has 0 unspecified atom stereocenters. The average Bonchev–Trinajstić information content (AvgIpc) is 3.12. The van der Waals surface area contributed by atoms with Crippen molar-refractivity contribution in [3.63, 3.8) is 0 Å². The van der Waals surface area contributed by atoms with Crippen LogP contribution in [0.25, 0.3) is 33.5 Å². The lowest BCUT2D eigenvalue weighted by Crippen LogP contribution is -2.02. The van der Waals surface area contributed by atoms with E-state index in [-0.39, 0.29) is 5.82 Å². The van der Waals surface area contributed by atoms with E-state index in [0.29, 0.717) is 39.1 Å². The minimum atomic E-state index is -0.938. The van der Waals surface area contributed by atoms with Gasteiger partial charge >= 0.3 is 5.97 Å². The maximum absolute atomic E-state index is 13.9. The van der Waals surface area contributed by atoms with Crippen LogP contribution in [0.15, 0.2) is 53.0 Å². The first-order chi connectivity index (χ1) is 13.5. The predicted molar refractivity (Wildman–Crippen MR) is 109 cm³/mol. The quantitative estimate of drug-likeness (QED) is 0.442. The van der Waals surface area contributed by atoms with Gasteiger partial charge in [-0.25, -0.2) is 14.2 Å². The molecule has 5 nitrogen and oxygen atoms in total. The second kappa shape index (κ2) is 7.16. The Bertz CT molecular complexity index is 1220. The van der Waals surface area contributed by atoms with E-state index in [4.69, 9.17) is 0 Å². The number of aromatic nitrogens is 3. The average molecular weight is 440 g/mol. The summed E-state index contributed by atoms with van der Waals surface area (Å²) in [5, 5.41) is 17.3. The monoisotopic (exact) mass is 439 g/mol. The molecule has 0 saturated carbocycles. The number of benzene rings is 2. The van der Waals surface area contributed by atoms with E-state index in [2.05, 4.69) is 31.1 Å². The third-order valence-corrected chi connectivity index (χ3v) is 5.27. The van der Waals surface area contributed by atoms with Crippen LogP contribution in [0.3, 0.4) is 0 Å². The molecule has 0 aliphatic carbocycles. The zero-order valence-corrected chi connectivity index (χ0v) is 16.4. The number of aromatic carboxylic acids is 1. The van der Waals surface area contributed by atoms with Gasteiger partial charge in [0.1, 0.15) is 11.5 Å². The van der Waals surface area contributed by atoms with Crippen LogP contribution in [0.1, 0.15) is 22.8 Å². The summed E-state index contributed by atoms with van der Waals surface area (Å²) in [4.78, 5) is 15.9. The molecule has 0 atom stereocenters. The molecule has 2 N–H and O–H groups in total. The fourth-order valence-corrected chi connectivity index (χ4v) is 3.43. The normalized spacial score (nSPS) is 11.1. The van der Waals surface area contributed by atoms with Crippen LogP contribution in [0, 0.1) is 5.82 Å². The summed E-state index contributed by atoms with van der Waals surface area (Å²) in [6.07, 6.45) is 0.612. The highest BCUT2D eigenvalue weighted by atomic mass is 79.9. The fraction of sp³-hybridized carbons (Fsp3) is 0.0952. The second-order valence-corrected chi connectivity index (χ2v) is 7.18. The predicted octanol–water partition coefficient (Wildman–Crippen LogP) is 5.45. The molecule has 28 heavy (non-hydrogen) atoms. The van der Waals surface area contributed by atoms with Crippen molar-refractivity contribution < 1.29 is 14.3 Å². The molecule has 2 aromatic carbocycles. The van der Waals surface area contributed by atoms with Crippen molar-refractivity contribution in [1.29, 1.82) is 0 Å². The number of carboxylic acids is 1. The number of fused-ring (bicyclic) bond motifs is 1. The van der Waals surface area contributed by atoms with E-state index < -0.39 is 5.97 Å². The van der Waals surface area contributed by atoms with Gasteiger partial charge in [0.05, 0.1) is 15.7 Å². The minimum absolute atomic E-state index is 0.299. The Morgan fingerprint density at radius 2 is 1.93 bits per heavy atom. The Morgan fingerprint density at radius 3 is 2.64 bits per heavy atom. The lowest BCUT2D eigenvalue weighted by molar-refractivity contribution is 0.0695. The number of nitrogens with one attached hydrogen (secondary N) is 1. The number of aryl methyl sites for hydroxylation is 1. The number of aromatic amines is 1. The van der Waals surface area contributed by atoms with Gasteiger partial charge in [-0.05, 0) is 64.3 Å². The highest BCUT2D eigenvalue weighted by Crippen LogP contribution is 2.30. The number of nitrogens with zero attached hydrogens (tertiary/aromatic N) is 2. The van der Waals surface area contributed by atoms with Crippen LogP contribution in [0.5, 0.6) is 0 Å². The van der Waals surface area contributed by atoms with E-state index in [1.54, 1.807) is 24.3 Å². The topological polar surface area (TPSA) is 78.9 Å². The van der Waals surface area contributed by atoms with Crippen LogP contribution < -0.4 is 0 Å². The van der Waals surface area contributed by atoms with Crippen molar-refractivity contribution in [2.75, 3.05) is 0 Å². The van der Waals surface area contributed by atoms with Crippen molar-refractivity contribution in [2.45, 2.75) is 13.3 Å². The van der Waals surface area contributed by atoms with E-state index >= 15 is 0 Å². The lowest BCUT2D eigenvalue weighted by atomic mass is 10.00. The zero-order valence-electron chi connectivity index (χ0n) is 14.8. The minimum Gasteiger partial charge on any atom is -0.478 e. The fourth-order valence-electron chi connectivity index (χ4n) is 3.18. The van der Waals surface area contributed by atoms with Gasteiger partial charge < -0.3 is 5.11 Å². The molecule has 0 aliphatic heterocycles. The van der Waals surface area contributed by atoms with Gasteiger partial charge in [0.25, 0.3) is 0 Å². The van der Waals surface area contributed by atoms with Crippen LogP contribution in [-0.4, -0.2) is 26.3 Å². The number of carbonyl (C=O) groups is 1. The maximum Gasteiger partial charge on any atom is 0.335 e. The van der Waals surface area contributed by atoms with Crippen molar-refractivity contribution in [2.24, 2.45) is 0 Å². The second-order valence-electron chi connectivity index (χ2n) is 6.32. The molecule has 4 aromatic rings. The van der Waals surface area contributed by atoms with Gasteiger partial charge in [-0.15, -0.1) is 0 Å². The highest BCUT2D eigenvalue weighted by molar-refractivity contribution is 9.10. The first-order valence-electron chi connectivity index (χ1n) is 8.65. The number of halogens is 2. The number of hydrogen-bond donors (Lipinski definition) is 2. The van der Waals surface area contributed by atoms with Crippen molar-refractivity contribution in [1.82, 2.24) is 15.2 Å².